The summed E-state index contributed by atoms with van der Waals surface area (Å²) in [5, 5.41) is 7.09. The Hall–Kier alpha value is -3.39. The molecule has 40 heavy (non-hydrogen) atoms. The second-order valence-electron chi connectivity index (χ2n) is 11.2. The maximum absolute atomic E-state index is 13.6. The van der Waals surface area contributed by atoms with Gasteiger partial charge in [0.25, 0.3) is 0 Å². The van der Waals surface area contributed by atoms with Crippen LogP contribution in [0.25, 0.3) is 11.4 Å². The lowest BCUT2D eigenvalue weighted by atomic mass is 10.1. The van der Waals surface area contributed by atoms with Gasteiger partial charge in [-0.05, 0) is 73.8 Å². The second kappa shape index (κ2) is 13.8. The van der Waals surface area contributed by atoms with Crippen LogP contribution in [0.1, 0.15) is 54.8 Å². The number of rotatable bonds is 11. The van der Waals surface area contributed by atoms with Crippen LogP contribution in [0.3, 0.4) is 0 Å². The smallest absolute Gasteiger partial charge is 0.242 e. The van der Waals surface area contributed by atoms with E-state index >= 15 is 0 Å². The van der Waals surface area contributed by atoms with Crippen LogP contribution in [0.15, 0.2) is 40.9 Å². The highest BCUT2D eigenvalue weighted by Gasteiger charge is 2.30. The minimum absolute atomic E-state index is 0. The molecule has 3 aromatic rings. The number of benzene rings is 2. The summed E-state index contributed by atoms with van der Waals surface area (Å²) in [6.07, 6.45) is 3.69. The molecule has 0 aliphatic heterocycles. The number of nitrogens with one attached hydrogen (secondary N) is 1. The average Bonchev–Trinajstić information content (AvgIpc) is 3.53. The van der Waals surface area contributed by atoms with Gasteiger partial charge >= 0.3 is 0 Å². The van der Waals surface area contributed by atoms with Crippen LogP contribution in [0.2, 0.25) is 0 Å². The van der Waals surface area contributed by atoms with Gasteiger partial charge in [0.15, 0.2) is 0 Å². The molecule has 1 heterocycles. The average molecular weight is 568 g/mol. The first-order chi connectivity index (χ1) is 18.6. The lowest BCUT2D eigenvalue weighted by Gasteiger charge is -2.30. The van der Waals surface area contributed by atoms with Crippen LogP contribution in [-0.4, -0.2) is 59.6 Å². The first-order valence-electron chi connectivity index (χ1n) is 13.9. The van der Waals surface area contributed by atoms with Gasteiger partial charge in [-0.15, -0.1) is 12.4 Å². The summed E-state index contributed by atoms with van der Waals surface area (Å²) in [6.45, 7) is 11.0. The van der Waals surface area contributed by atoms with Crippen molar-refractivity contribution in [1.29, 1.82) is 0 Å². The highest BCUT2D eigenvalue weighted by molar-refractivity contribution is 5.87. The van der Waals surface area contributed by atoms with Gasteiger partial charge in [0.2, 0.25) is 23.5 Å². The molecule has 1 aromatic heterocycles. The Morgan fingerprint density at radius 1 is 1.07 bits per heavy atom. The summed E-state index contributed by atoms with van der Waals surface area (Å²) < 4.78 is 5.17. The van der Waals surface area contributed by atoms with Crippen LogP contribution in [0, 0.1) is 26.7 Å². The number of aryl methyl sites for hydroxylation is 3. The third-order valence-electron chi connectivity index (χ3n) is 7.62. The van der Waals surface area contributed by atoms with E-state index in [2.05, 4.69) is 54.4 Å². The molecule has 216 valence electrons. The molecule has 1 aliphatic rings. The molecule has 2 amide bonds. The Kier molecular flexibility index (Phi) is 10.7. The van der Waals surface area contributed by atoms with E-state index in [0.717, 1.165) is 42.5 Å². The second-order valence-corrected chi connectivity index (χ2v) is 11.2. The van der Waals surface area contributed by atoms with Crippen molar-refractivity contribution < 1.29 is 14.1 Å². The van der Waals surface area contributed by atoms with Crippen molar-refractivity contribution in [2.24, 2.45) is 5.92 Å². The van der Waals surface area contributed by atoms with E-state index in [1.807, 2.05) is 42.0 Å². The molecule has 1 atom stereocenters. The highest BCUT2D eigenvalue weighted by Crippen LogP contribution is 2.29. The molecule has 4 rings (SSSR count). The van der Waals surface area contributed by atoms with Gasteiger partial charge in [-0.1, -0.05) is 49.3 Å². The fraction of sp³-hybridized carbons (Fsp3) is 0.484. The minimum Gasteiger partial charge on any atom is -0.355 e. The van der Waals surface area contributed by atoms with Crippen LogP contribution in [0.4, 0.5) is 5.69 Å². The molecule has 0 saturated heterocycles. The number of nitrogens with zero attached hydrogens (tertiary/aromatic N) is 4. The van der Waals surface area contributed by atoms with Gasteiger partial charge in [-0.25, -0.2) is 0 Å². The Balaban J connectivity index is 0.00000441. The third-order valence-corrected chi connectivity index (χ3v) is 7.62. The van der Waals surface area contributed by atoms with Crippen molar-refractivity contribution in [3.8, 4) is 11.4 Å². The molecule has 9 heteroatoms. The number of carbonyl (C=O) groups is 2. The number of hydrogen-bond donors (Lipinski definition) is 1. The minimum atomic E-state index is -0.0988. The number of carbonyl (C=O) groups excluding carboxylic acids is 2. The molecule has 0 fully saturated rings. The normalized spacial score (nSPS) is 14.0. The largest absolute Gasteiger partial charge is 0.355 e. The fourth-order valence-electron chi connectivity index (χ4n) is 5.26. The van der Waals surface area contributed by atoms with Gasteiger partial charge in [0.1, 0.15) is 0 Å². The number of anilines is 1. The first-order valence-corrected chi connectivity index (χ1v) is 13.9. The molecule has 2 aromatic carbocycles. The zero-order valence-corrected chi connectivity index (χ0v) is 25.3. The summed E-state index contributed by atoms with van der Waals surface area (Å²) >= 11 is 0. The predicted octanol–water partition coefficient (Wildman–Crippen LogP) is 5.07. The van der Waals surface area contributed by atoms with Crippen molar-refractivity contribution in [3.63, 3.8) is 0 Å². The summed E-state index contributed by atoms with van der Waals surface area (Å²) in [4.78, 5) is 34.7. The lowest BCUT2D eigenvalue weighted by molar-refractivity contribution is -0.130. The van der Waals surface area contributed by atoms with E-state index in [-0.39, 0.29) is 43.4 Å². The number of aromatic nitrogens is 2. The topological polar surface area (TPSA) is 91.6 Å². The van der Waals surface area contributed by atoms with Crippen molar-refractivity contribution in [2.45, 2.75) is 66.3 Å². The number of halogens is 1. The van der Waals surface area contributed by atoms with Gasteiger partial charge < -0.3 is 19.6 Å². The number of fused-ring (bicyclic) bond motifs is 1. The molecule has 1 aliphatic carbocycles. The maximum Gasteiger partial charge on any atom is 0.242 e. The molecule has 8 nitrogen and oxygen atoms in total. The number of likely N-dealkylation sites (N-methyl/N-ethyl adjacent to an activating group) is 1. The molecular formula is C31H42ClN5O3. The first kappa shape index (κ1) is 31.1. The Labute approximate surface area is 243 Å². The van der Waals surface area contributed by atoms with E-state index in [0.29, 0.717) is 24.2 Å². The SMILES string of the molecule is Cc1nc(-c2ccc(C)c(N(CC(=O)NCCCC(C)C)CC(=O)N(C)C3Cc4cccc(C)c4C3)c2)no1.Cl. The van der Waals surface area contributed by atoms with E-state index in [1.54, 1.807) is 6.92 Å². The third kappa shape index (κ3) is 7.62. The van der Waals surface area contributed by atoms with Crippen molar-refractivity contribution in [1.82, 2.24) is 20.4 Å². The van der Waals surface area contributed by atoms with E-state index < -0.39 is 0 Å². The molecule has 1 N–H and O–H groups in total. The Bertz CT molecular complexity index is 1320. The van der Waals surface area contributed by atoms with Crippen LogP contribution < -0.4 is 10.2 Å². The van der Waals surface area contributed by atoms with Gasteiger partial charge in [-0.2, -0.15) is 4.98 Å². The number of amides is 2. The van der Waals surface area contributed by atoms with Crippen molar-refractivity contribution in [3.05, 3.63) is 64.5 Å². The summed E-state index contributed by atoms with van der Waals surface area (Å²) in [7, 11) is 1.88. The maximum atomic E-state index is 13.6. The molecule has 1 unspecified atom stereocenters. The predicted molar refractivity (Wildman–Crippen MR) is 161 cm³/mol. The quantitative estimate of drug-likeness (QED) is 0.325. The monoisotopic (exact) mass is 567 g/mol. The van der Waals surface area contributed by atoms with E-state index in [9.17, 15) is 9.59 Å². The molecule has 0 spiro atoms. The van der Waals surface area contributed by atoms with Crippen molar-refractivity contribution >= 4 is 29.9 Å². The Morgan fingerprint density at radius 2 is 1.85 bits per heavy atom. The fourth-order valence-corrected chi connectivity index (χ4v) is 5.26. The molecular weight excluding hydrogens is 526 g/mol. The molecule has 0 bridgehead atoms. The van der Waals surface area contributed by atoms with E-state index in [4.69, 9.17) is 4.52 Å². The zero-order chi connectivity index (χ0) is 28.1. The number of hydrogen-bond acceptors (Lipinski definition) is 6. The van der Waals surface area contributed by atoms with Crippen LogP contribution in [-0.2, 0) is 22.4 Å². The zero-order valence-electron chi connectivity index (χ0n) is 24.5. The van der Waals surface area contributed by atoms with E-state index in [1.165, 1.54) is 16.7 Å². The van der Waals surface area contributed by atoms with Gasteiger partial charge in [0, 0.05) is 37.8 Å². The van der Waals surface area contributed by atoms with Crippen molar-refractivity contribution in [2.75, 3.05) is 31.6 Å². The van der Waals surface area contributed by atoms with Crippen LogP contribution in [0.5, 0.6) is 0 Å². The highest BCUT2D eigenvalue weighted by atomic mass is 35.5. The molecule has 0 radical (unpaired) electrons. The standard InChI is InChI=1S/C31H41N5O3.ClH/c1-20(2)9-8-14-32-29(37)18-36(28-16-25(13-12-22(28)4)31-33-23(5)39-34-31)19-30(38)35(6)26-15-24-11-7-10-21(3)27(24)17-26;/h7,10-13,16,20,26H,8-9,14-15,17-19H2,1-6H3,(H,32,37);1H. The summed E-state index contributed by atoms with van der Waals surface area (Å²) in [5.41, 5.74) is 6.48. The lowest BCUT2D eigenvalue weighted by Crippen LogP contribution is -2.47. The van der Waals surface area contributed by atoms with Gasteiger partial charge in [0.05, 0.1) is 13.1 Å². The molecule has 0 saturated carbocycles. The van der Waals surface area contributed by atoms with Crippen LogP contribution >= 0.6 is 12.4 Å². The summed E-state index contributed by atoms with van der Waals surface area (Å²) in [5.74, 6) is 1.44. The summed E-state index contributed by atoms with van der Waals surface area (Å²) in [6, 6.07) is 12.3. The Morgan fingerprint density at radius 3 is 2.52 bits per heavy atom. The van der Waals surface area contributed by atoms with Gasteiger partial charge in [-0.3, -0.25) is 9.59 Å².